The van der Waals surface area contributed by atoms with Gasteiger partial charge in [0.15, 0.2) is 6.29 Å². The van der Waals surface area contributed by atoms with Gasteiger partial charge in [-0.1, -0.05) is 0 Å². The number of hydrogen-bond acceptors (Lipinski definition) is 2. The number of aldehydes is 1. The van der Waals surface area contributed by atoms with Gasteiger partial charge >= 0.3 is 0 Å². The summed E-state index contributed by atoms with van der Waals surface area (Å²) in [7, 11) is 0. The lowest BCUT2D eigenvalue weighted by atomic mass is 10.3. The molecule has 0 saturated carbocycles. The Hall–Kier alpha value is 0.140. The summed E-state index contributed by atoms with van der Waals surface area (Å²) in [5.41, 5.74) is 0.0741. The molecule has 0 bridgehead atoms. The largest absolute Gasteiger partial charge is 0.298 e. The topological polar surface area (TPSA) is 30.0 Å². The quantitative estimate of drug-likeness (QED) is 0.427. The van der Waals surface area contributed by atoms with Crippen LogP contribution in [0.5, 0.6) is 0 Å². The number of aromatic nitrogens is 1. The molecule has 0 N–H and O–H groups in total. The summed E-state index contributed by atoms with van der Waals surface area (Å²) in [6, 6.07) is 1.41. The highest BCUT2D eigenvalue weighted by atomic mass is 127. The Morgan fingerprint density at radius 1 is 1.46 bits per heavy atom. The predicted molar refractivity (Wildman–Crippen MR) is 60.0 cm³/mol. The fourth-order valence-corrected chi connectivity index (χ4v) is 1.96. The van der Waals surface area contributed by atoms with E-state index in [0.29, 0.717) is 19.1 Å². The molecule has 0 saturated heterocycles. The summed E-state index contributed by atoms with van der Waals surface area (Å²) in [6.45, 7) is 0. The van der Waals surface area contributed by atoms with Crippen molar-refractivity contribution >= 4 is 51.5 Å². The van der Waals surface area contributed by atoms with Gasteiger partial charge in [0.1, 0.15) is 9.39 Å². The van der Waals surface area contributed by atoms with Gasteiger partial charge in [0.25, 0.3) is 6.43 Å². The number of carbonyl (C=O) groups excluding carboxylic acids is 1. The highest BCUT2D eigenvalue weighted by Gasteiger charge is 2.15. The molecule has 0 aromatic carbocycles. The van der Waals surface area contributed by atoms with E-state index in [0.717, 1.165) is 0 Å². The average Bonchev–Trinajstić information content (AvgIpc) is 2.07. The van der Waals surface area contributed by atoms with E-state index in [1.807, 2.05) is 0 Å². The van der Waals surface area contributed by atoms with Gasteiger partial charge in [0.05, 0.1) is 0 Å². The number of rotatable bonds is 2. The van der Waals surface area contributed by atoms with Crippen molar-refractivity contribution in [1.29, 1.82) is 0 Å². The highest BCUT2D eigenvalue weighted by Crippen LogP contribution is 2.24. The standard InChI is InChI=1S/C7H3F2I2NO/c8-6(9)5-4(10)1-3(2-13)7(11)12-5/h1-2,6H. The molecule has 1 heterocycles. The van der Waals surface area contributed by atoms with Gasteiger partial charge < -0.3 is 0 Å². The molecule has 13 heavy (non-hydrogen) atoms. The molecule has 1 aromatic heterocycles. The first-order valence-electron chi connectivity index (χ1n) is 3.15. The predicted octanol–water partition coefficient (Wildman–Crippen LogP) is 3.04. The molecule has 0 radical (unpaired) electrons. The van der Waals surface area contributed by atoms with Crippen molar-refractivity contribution in [2.75, 3.05) is 0 Å². The lowest BCUT2D eigenvalue weighted by Crippen LogP contribution is -2.00. The molecule has 0 aliphatic rings. The molecule has 0 aliphatic heterocycles. The van der Waals surface area contributed by atoms with Crippen LogP contribution in [-0.4, -0.2) is 11.3 Å². The van der Waals surface area contributed by atoms with E-state index in [-0.39, 0.29) is 5.69 Å². The van der Waals surface area contributed by atoms with Gasteiger partial charge in [-0.15, -0.1) is 0 Å². The molecule has 0 unspecified atom stereocenters. The first kappa shape index (κ1) is 11.2. The van der Waals surface area contributed by atoms with Crippen molar-refractivity contribution < 1.29 is 13.6 Å². The van der Waals surface area contributed by atoms with E-state index in [2.05, 4.69) is 4.98 Å². The van der Waals surface area contributed by atoms with Gasteiger partial charge in [0, 0.05) is 9.13 Å². The Labute approximate surface area is 100 Å². The maximum Gasteiger partial charge on any atom is 0.281 e. The van der Waals surface area contributed by atoms with Crippen LogP contribution in [0.3, 0.4) is 0 Å². The molecule has 0 fully saturated rings. The Kier molecular flexibility index (Phi) is 3.95. The van der Waals surface area contributed by atoms with Crippen molar-refractivity contribution in [3.05, 3.63) is 24.6 Å². The second kappa shape index (κ2) is 4.58. The van der Waals surface area contributed by atoms with Crippen LogP contribution in [0.4, 0.5) is 8.78 Å². The summed E-state index contributed by atoms with van der Waals surface area (Å²) >= 11 is 3.49. The molecular weight excluding hydrogens is 406 g/mol. The molecule has 6 heteroatoms. The van der Waals surface area contributed by atoms with E-state index in [1.54, 1.807) is 45.2 Å². The zero-order valence-corrected chi connectivity index (χ0v) is 10.4. The fourth-order valence-electron chi connectivity index (χ4n) is 0.729. The zero-order chi connectivity index (χ0) is 10.0. The van der Waals surface area contributed by atoms with Crippen LogP contribution in [0, 0.1) is 7.27 Å². The Bertz CT molecular complexity index is 344. The van der Waals surface area contributed by atoms with Crippen LogP contribution >= 0.6 is 45.2 Å². The van der Waals surface area contributed by atoms with Crippen molar-refractivity contribution in [3.8, 4) is 0 Å². The van der Waals surface area contributed by atoms with Crippen LogP contribution in [0.25, 0.3) is 0 Å². The monoisotopic (exact) mass is 409 g/mol. The van der Waals surface area contributed by atoms with Crippen LogP contribution in [0.1, 0.15) is 22.5 Å². The van der Waals surface area contributed by atoms with Crippen molar-refractivity contribution in [2.45, 2.75) is 6.43 Å². The van der Waals surface area contributed by atoms with Crippen LogP contribution < -0.4 is 0 Å². The summed E-state index contributed by atoms with van der Waals surface area (Å²) < 4.78 is 25.2. The first-order valence-corrected chi connectivity index (χ1v) is 5.31. The maximum absolute atomic E-state index is 12.3. The average molecular weight is 409 g/mol. The summed E-state index contributed by atoms with van der Waals surface area (Å²) in [4.78, 5) is 14.1. The number of carbonyl (C=O) groups is 1. The Morgan fingerprint density at radius 3 is 2.54 bits per heavy atom. The zero-order valence-electron chi connectivity index (χ0n) is 6.10. The van der Waals surface area contributed by atoms with Crippen molar-refractivity contribution in [2.24, 2.45) is 0 Å². The summed E-state index contributed by atoms with van der Waals surface area (Å²) in [5, 5.41) is 0. The van der Waals surface area contributed by atoms with E-state index in [9.17, 15) is 13.6 Å². The second-order valence-electron chi connectivity index (χ2n) is 2.15. The van der Waals surface area contributed by atoms with Gasteiger partial charge in [-0.05, 0) is 51.2 Å². The van der Waals surface area contributed by atoms with Crippen LogP contribution in [0.2, 0.25) is 0 Å². The number of nitrogens with zero attached hydrogens (tertiary/aromatic N) is 1. The first-order chi connectivity index (χ1) is 6.06. The lowest BCUT2D eigenvalue weighted by molar-refractivity contribution is 0.112. The van der Waals surface area contributed by atoms with Crippen molar-refractivity contribution in [3.63, 3.8) is 0 Å². The molecule has 2 nitrogen and oxygen atoms in total. The number of pyridine rings is 1. The SMILES string of the molecule is O=Cc1cc(I)c(C(F)F)nc1I. The number of halogens is 4. The number of alkyl halides is 2. The van der Waals surface area contributed by atoms with E-state index in [1.165, 1.54) is 6.07 Å². The minimum absolute atomic E-state index is 0.268. The highest BCUT2D eigenvalue weighted by molar-refractivity contribution is 14.1. The normalized spacial score (nSPS) is 10.5. The molecule has 1 rings (SSSR count). The van der Waals surface area contributed by atoms with E-state index < -0.39 is 6.43 Å². The van der Waals surface area contributed by atoms with Gasteiger partial charge in [-0.25, -0.2) is 13.8 Å². The molecule has 70 valence electrons. The Balaban J connectivity index is 3.28. The maximum atomic E-state index is 12.3. The molecule has 0 atom stereocenters. The Morgan fingerprint density at radius 2 is 2.08 bits per heavy atom. The molecule has 0 amide bonds. The third-order valence-corrected chi connectivity index (χ3v) is 3.05. The van der Waals surface area contributed by atoms with Gasteiger partial charge in [-0.2, -0.15) is 0 Å². The third kappa shape index (κ3) is 2.55. The minimum Gasteiger partial charge on any atom is -0.298 e. The minimum atomic E-state index is -2.60. The van der Waals surface area contributed by atoms with Crippen molar-refractivity contribution in [1.82, 2.24) is 4.98 Å². The summed E-state index contributed by atoms with van der Waals surface area (Å²) in [5.74, 6) is 0. The smallest absolute Gasteiger partial charge is 0.281 e. The van der Waals surface area contributed by atoms with Gasteiger partial charge in [-0.3, -0.25) is 4.79 Å². The molecule has 0 aliphatic carbocycles. The van der Waals surface area contributed by atoms with Gasteiger partial charge in [0.2, 0.25) is 0 Å². The van der Waals surface area contributed by atoms with Crippen LogP contribution in [0.15, 0.2) is 6.07 Å². The second-order valence-corrected chi connectivity index (χ2v) is 4.34. The van der Waals surface area contributed by atoms with E-state index in [4.69, 9.17) is 0 Å². The number of hydrogen-bond donors (Lipinski definition) is 0. The third-order valence-electron chi connectivity index (χ3n) is 1.32. The molecular formula is C7H3F2I2NO. The van der Waals surface area contributed by atoms with E-state index >= 15 is 0 Å². The lowest BCUT2D eigenvalue weighted by Gasteiger charge is -2.04. The molecule has 0 spiro atoms. The fraction of sp³-hybridized carbons (Fsp3) is 0.143. The molecule has 1 aromatic rings. The summed E-state index contributed by atoms with van der Waals surface area (Å²) in [6.07, 6.45) is -1.99. The van der Waals surface area contributed by atoms with Crippen LogP contribution in [-0.2, 0) is 0 Å².